The summed E-state index contributed by atoms with van der Waals surface area (Å²) in [5.41, 5.74) is 0.878. The van der Waals surface area contributed by atoms with E-state index >= 15 is 0 Å². The van der Waals surface area contributed by atoms with Gasteiger partial charge in [-0.25, -0.2) is 4.79 Å². The molecule has 0 spiro atoms. The molecule has 0 atom stereocenters. The molecule has 0 saturated carbocycles. The average Bonchev–Trinajstić information content (AvgIpc) is 2.92. The Balaban J connectivity index is 2.55. The highest BCUT2D eigenvalue weighted by atomic mass is 16.5. The van der Waals surface area contributed by atoms with E-state index in [1.165, 1.54) is 12.1 Å². The van der Waals surface area contributed by atoms with Gasteiger partial charge in [0.1, 0.15) is 6.61 Å². The molecule has 1 aromatic carbocycles. The predicted molar refractivity (Wildman–Crippen MR) is 77.0 cm³/mol. The Kier molecular flexibility index (Phi) is 4.10. The van der Waals surface area contributed by atoms with Gasteiger partial charge in [0, 0.05) is 10.9 Å². The zero-order valence-corrected chi connectivity index (χ0v) is 11.3. The number of esters is 1. The number of carbonyl (C=O) groups is 1. The fourth-order valence-electron chi connectivity index (χ4n) is 1.96. The molecule has 1 N–H and O–H groups in total. The third-order valence-electron chi connectivity index (χ3n) is 2.89. The van der Waals surface area contributed by atoms with E-state index in [2.05, 4.69) is 13.2 Å². The van der Waals surface area contributed by atoms with Crippen LogP contribution < -0.4 is 0 Å². The molecule has 1 aromatic heterocycles. The second-order valence-corrected chi connectivity index (χ2v) is 4.27. The lowest BCUT2D eigenvalue weighted by atomic mass is 10.0. The Morgan fingerprint density at radius 1 is 1.43 bits per heavy atom. The lowest BCUT2D eigenvalue weighted by Gasteiger charge is -2.04. The van der Waals surface area contributed by atoms with E-state index in [1.54, 1.807) is 12.1 Å². The van der Waals surface area contributed by atoms with Crippen LogP contribution in [0.3, 0.4) is 0 Å². The van der Waals surface area contributed by atoms with Gasteiger partial charge in [-0.1, -0.05) is 18.7 Å². The minimum absolute atomic E-state index is 0.0400. The number of phenolic OH excluding ortho intramolecular Hbond substituents is 1. The maximum atomic E-state index is 11.7. The van der Waals surface area contributed by atoms with Gasteiger partial charge in [-0.05, 0) is 18.6 Å². The van der Waals surface area contributed by atoms with Gasteiger partial charge in [0.2, 0.25) is 5.76 Å². The van der Waals surface area contributed by atoms with Crippen LogP contribution in [-0.4, -0.2) is 17.7 Å². The number of nitriles is 1. The second kappa shape index (κ2) is 5.97. The fraction of sp³-hybridized carbons (Fsp3) is 0.125. The van der Waals surface area contributed by atoms with Gasteiger partial charge in [0.15, 0.2) is 11.3 Å². The summed E-state index contributed by atoms with van der Waals surface area (Å²) in [6, 6.07) is 4.99. The molecule has 0 saturated heterocycles. The number of benzene rings is 1. The monoisotopic (exact) mass is 283 g/mol. The molecule has 0 aliphatic carbocycles. The van der Waals surface area contributed by atoms with Gasteiger partial charge >= 0.3 is 5.97 Å². The first-order chi connectivity index (χ1) is 10.1. The van der Waals surface area contributed by atoms with Crippen molar-refractivity contribution in [2.75, 3.05) is 6.61 Å². The molecular weight excluding hydrogens is 270 g/mol. The molecule has 106 valence electrons. The van der Waals surface area contributed by atoms with E-state index in [9.17, 15) is 9.90 Å². The number of carbonyl (C=O) groups excluding carboxylic acids is 1. The number of furan rings is 1. The zero-order valence-electron chi connectivity index (χ0n) is 11.3. The minimum atomic E-state index is -0.658. The molecule has 0 aliphatic heterocycles. The molecule has 5 nitrogen and oxygen atoms in total. The SMILES string of the molecule is C=CCOC(=O)c1cc2cc(C#N)c(CC=C)c(O)c2o1. The van der Waals surface area contributed by atoms with Gasteiger partial charge in [0.25, 0.3) is 0 Å². The van der Waals surface area contributed by atoms with Gasteiger partial charge in [0.05, 0.1) is 11.6 Å². The van der Waals surface area contributed by atoms with Crippen LogP contribution in [0.25, 0.3) is 11.0 Å². The van der Waals surface area contributed by atoms with Crippen molar-refractivity contribution in [2.24, 2.45) is 0 Å². The Morgan fingerprint density at radius 2 is 2.19 bits per heavy atom. The quantitative estimate of drug-likeness (QED) is 0.673. The Hall–Kier alpha value is -3.00. The van der Waals surface area contributed by atoms with Gasteiger partial charge < -0.3 is 14.3 Å². The molecular formula is C16H13NO4. The summed E-state index contributed by atoms with van der Waals surface area (Å²) in [7, 11) is 0. The number of phenols is 1. The highest BCUT2D eigenvalue weighted by Crippen LogP contribution is 2.34. The summed E-state index contributed by atoms with van der Waals surface area (Å²) in [5, 5.41) is 19.8. The summed E-state index contributed by atoms with van der Waals surface area (Å²) in [4.78, 5) is 11.7. The fourth-order valence-corrected chi connectivity index (χ4v) is 1.96. The maximum Gasteiger partial charge on any atom is 0.374 e. The molecule has 0 amide bonds. The largest absolute Gasteiger partial charge is 0.504 e. The van der Waals surface area contributed by atoms with E-state index in [0.717, 1.165) is 0 Å². The van der Waals surface area contributed by atoms with Crippen molar-refractivity contribution in [2.45, 2.75) is 6.42 Å². The first-order valence-corrected chi connectivity index (χ1v) is 6.19. The van der Waals surface area contributed by atoms with Gasteiger partial charge in [-0.3, -0.25) is 0 Å². The normalized spacial score (nSPS) is 10.0. The van der Waals surface area contributed by atoms with Crippen LogP contribution in [0.1, 0.15) is 21.7 Å². The number of nitrogens with zero attached hydrogens (tertiary/aromatic N) is 1. The highest BCUT2D eigenvalue weighted by Gasteiger charge is 2.19. The topological polar surface area (TPSA) is 83.5 Å². The molecule has 2 aromatic rings. The van der Waals surface area contributed by atoms with Crippen molar-refractivity contribution in [3.63, 3.8) is 0 Å². The summed E-state index contributed by atoms with van der Waals surface area (Å²) in [6.07, 6.45) is 3.33. The minimum Gasteiger partial charge on any atom is -0.504 e. The number of hydrogen-bond acceptors (Lipinski definition) is 5. The van der Waals surface area contributed by atoms with Crippen molar-refractivity contribution < 1.29 is 19.1 Å². The summed E-state index contributed by atoms with van der Waals surface area (Å²) in [5.74, 6) is -0.859. The number of ether oxygens (including phenoxy) is 1. The van der Waals surface area contributed by atoms with Crippen molar-refractivity contribution >= 4 is 16.9 Å². The van der Waals surface area contributed by atoms with Gasteiger partial charge in [-0.15, -0.1) is 6.58 Å². The average molecular weight is 283 g/mol. The van der Waals surface area contributed by atoms with Crippen molar-refractivity contribution in [3.05, 3.63) is 54.3 Å². The van der Waals surface area contributed by atoms with Crippen LogP contribution in [0.5, 0.6) is 5.75 Å². The van der Waals surface area contributed by atoms with Crippen LogP contribution in [0.2, 0.25) is 0 Å². The molecule has 5 heteroatoms. The van der Waals surface area contributed by atoms with Gasteiger partial charge in [-0.2, -0.15) is 5.26 Å². The molecule has 0 bridgehead atoms. The van der Waals surface area contributed by atoms with Crippen molar-refractivity contribution in [3.8, 4) is 11.8 Å². The number of hydrogen-bond donors (Lipinski definition) is 1. The van der Waals surface area contributed by atoms with E-state index < -0.39 is 5.97 Å². The lowest BCUT2D eigenvalue weighted by molar-refractivity contribution is 0.0516. The standard InChI is InChI=1S/C16H13NO4/c1-3-5-12-11(9-17)7-10-8-13(16(19)20-6-4-2)21-15(10)14(12)18/h3-4,7-8,18H,1-2,5-6H2. The molecule has 2 rings (SSSR count). The number of fused-ring (bicyclic) bond motifs is 1. The van der Waals surface area contributed by atoms with E-state index in [0.29, 0.717) is 22.9 Å². The molecule has 1 heterocycles. The molecule has 21 heavy (non-hydrogen) atoms. The maximum absolute atomic E-state index is 11.7. The third-order valence-corrected chi connectivity index (χ3v) is 2.89. The zero-order chi connectivity index (χ0) is 15.4. The summed E-state index contributed by atoms with van der Waals surface area (Å²) >= 11 is 0. The first-order valence-electron chi connectivity index (χ1n) is 6.19. The van der Waals surface area contributed by atoms with E-state index in [-0.39, 0.29) is 23.7 Å². The number of rotatable bonds is 5. The van der Waals surface area contributed by atoms with E-state index in [1.807, 2.05) is 6.07 Å². The summed E-state index contributed by atoms with van der Waals surface area (Å²) in [6.45, 7) is 7.09. The summed E-state index contributed by atoms with van der Waals surface area (Å²) < 4.78 is 10.2. The Labute approximate surface area is 121 Å². The molecule has 0 radical (unpaired) electrons. The molecule has 0 fully saturated rings. The number of allylic oxidation sites excluding steroid dienone is 1. The Bertz CT molecular complexity index is 765. The van der Waals surface area contributed by atoms with Crippen LogP contribution in [0.4, 0.5) is 0 Å². The number of aromatic hydroxyl groups is 1. The van der Waals surface area contributed by atoms with Crippen LogP contribution in [-0.2, 0) is 11.2 Å². The predicted octanol–water partition coefficient (Wildman–Crippen LogP) is 3.08. The highest BCUT2D eigenvalue weighted by molar-refractivity contribution is 5.95. The smallest absolute Gasteiger partial charge is 0.374 e. The molecule has 0 aliphatic rings. The Morgan fingerprint density at radius 3 is 2.81 bits per heavy atom. The van der Waals surface area contributed by atoms with Crippen LogP contribution in [0, 0.1) is 11.3 Å². The third kappa shape index (κ3) is 2.65. The first kappa shape index (κ1) is 14.4. The van der Waals surface area contributed by atoms with E-state index in [4.69, 9.17) is 14.4 Å². The van der Waals surface area contributed by atoms with Crippen LogP contribution in [0.15, 0.2) is 41.9 Å². The van der Waals surface area contributed by atoms with Crippen molar-refractivity contribution in [1.29, 1.82) is 5.26 Å². The van der Waals surface area contributed by atoms with Crippen LogP contribution >= 0.6 is 0 Å². The molecule has 0 unspecified atom stereocenters. The lowest BCUT2D eigenvalue weighted by Crippen LogP contribution is -2.03. The second-order valence-electron chi connectivity index (χ2n) is 4.27. The van der Waals surface area contributed by atoms with Crippen molar-refractivity contribution in [1.82, 2.24) is 0 Å².